The number of benzene rings is 1. The Balaban J connectivity index is 1.70. The van der Waals surface area contributed by atoms with Gasteiger partial charge in [0.15, 0.2) is 5.82 Å². The number of hydrogen-bond donors (Lipinski definition) is 1. The van der Waals surface area contributed by atoms with Crippen molar-refractivity contribution < 1.29 is 13.9 Å². The fourth-order valence-corrected chi connectivity index (χ4v) is 3.12. The highest BCUT2D eigenvalue weighted by molar-refractivity contribution is 6.01. The first-order chi connectivity index (χ1) is 14.0. The maximum absolute atomic E-state index is 12.4. The van der Waals surface area contributed by atoms with Gasteiger partial charge in [-0.05, 0) is 49.8 Å². The van der Waals surface area contributed by atoms with Crippen molar-refractivity contribution in [3.05, 3.63) is 71.8 Å². The summed E-state index contributed by atoms with van der Waals surface area (Å²) in [4.78, 5) is 17.1. The molecule has 1 aromatic carbocycles. The zero-order chi connectivity index (χ0) is 20.4. The lowest BCUT2D eigenvalue weighted by Crippen LogP contribution is -2.13. The maximum atomic E-state index is 12.4. The molecule has 3 heterocycles. The number of para-hydroxylation sites is 1. The van der Waals surface area contributed by atoms with Crippen molar-refractivity contribution in [3.63, 3.8) is 0 Å². The SMILES string of the molecule is COc1cccc2c(C)cc(-n3nc(C)cc3NC(=O)/C=C/c3ccco3)nc12. The van der Waals surface area contributed by atoms with E-state index in [4.69, 9.17) is 14.1 Å². The minimum Gasteiger partial charge on any atom is -0.494 e. The van der Waals surface area contributed by atoms with Crippen molar-refractivity contribution in [2.24, 2.45) is 0 Å². The van der Waals surface area contributed by atoms with Gasteiger partial charge in [-0.2, -0.15) is 9.78 Å². The minimum absolute atomic E-state index is 0.294. The molecule has 0 aliphatic heterocycles. The number of hydrogen-bond acceptors (Lipinski definition) is 5. The minimum atomic E-state index is -0.294. The largest absolute Gasteiger partial charge is 0.494 e. The van der Waals surface area contributed by atoms with Crippen molar-refractivity contribution in [1.82, 2.24) is 14.8 Å². The van der Waals surface area contributed by atoms with Gasteiger partial charge < -0.3 is 14.5 Å². The average Bonchev–Trinajstić information content (AvgIpc) is 3.35. The Kier molecular flexibility index (Phi) is 4.87. The van der Waals surface area contributed by atoms with Crippen molar-refractivity contribution in [3.8, 4) is 11.6 Å². The number of fused-ring (bicyclic) bond motifs is 1. The van der Waals surface area contributed by atoms with Crippen LogP contribution in [0.5, 0.6) is 5.75 Å². The number of ether oxygens (including phenoxy) is 1. The van der Waals surface area contributed by atoms with E-state index in [0.717, 1.165) is 22.2 Å². The number of methoxy groups -OCH3 is 1. The van der Waals surface area contributed by atoms with Gasteiger partial charge in [0.25, 0.3) is 0 Å². The fraction of sp³-hybridized carbons (Fsp3) is 0.136. The zero-order valence-electron chi connectivity index (χ0n) is 16.3. The third-order valence-electron chi connectivity index (χ3n) is 4.46. The van der Waals surface area contributed by atoms with Gasteiger partial charge in [-0.3, -0.25) is 4.79 Å². The second-order valence-electron chi connectivity index (χ2n) is 6.57. The summed E-state index contributed by atoms with van der Waals surface area (Å²) >= 11 is 0. The molecule has 0 aliphatic carbocycles. The number of rotatable bonds is 5. The van der Waals surface area contributed by atoms with E-state index in [2.05, 4.69) is 10.4 Å². The summed E-state index contributed by atoms with van der Waals surface area (Å²) in [6, 6.07) is 13.1. The number of anilines is 1. The van der Waals surface area contributed by atoms with Crippen LogP contribution in [0.3, 0.4) is 0 Å². The second-order valence-corrected chi connectivity index (χ2v) is 6.57. The van der Waals surface area contributed by atoms with E-state index >= 15 is 0 Å². The Labute approximate surface area is 167 Å². The number of aryl methyl sites for hydroxylation is 2. The van der Waals surface area contributed by atoms with Crippen LogP contribution in [0.25, 0.3) is 22.8 Å². The van der Waals surface area contributed by atoms with Gasteiger partial charge >= 0.3 is 0 Å². The molecule has 0 fully saturated rings. The number of amides is 1. The molecule has 0 spiro atoms. The van der Waals surface area contributed by atoms with Gasteiger partial charge in [0.1, 0.15) is 22.8 Å². The molecule has 0 saturated heterocycles. The molecule has 0 radical (unpaired) electrons. The molecule has 0 aliphatic rings. The number of aromatic nitrogens is 3. The van der Waals surface area contributed by atoms with E-state index in [1.807, 2.05) is 38.1 Å². The molecule has 1 amide bonds. The number of nitrogens with one attached hydrogen (secondary N) is 1. The Bertz CT molecular complexity index is 1210. The molecule has 4 aromatic rings. The quantitative estimate of drug-likeness (QED) is 0.516. The van der Waals surface area contributed by atoms with Crippen LogP contribution < -0.4 is 10.1 Å². The first kappa shape index (κ1) is 18.5. The number of carbonyl (C=O) groups is 1. The Hall–Kier alpha value is -3.87. The van der Waals surface area contributed by atoms with Crippen molar-refractivity contribution in [1.29, 1.82) is 0 Å². The molecule has 4 rings (SSSR count). The van der Waals surface area contributed by atoms with E-state index in [0.29, 0.717) is 23.1 Å². The van der Waals surface area contributed by atoms with Gasteiger partial charge in [0.2, 0.25) is 5.91 Å². The van der Waals surface area contributed by atoms with E-state index < -0.39 is 0 Å². The lowest BCUT2D eigenvalue weighted by molar-refractivity contribution is -0.111. The molecule has 29 heavy (non-hydrogen) atoms. The second kappa shape index (κ2) is 7.63. The summed E-state index contributed by atoms with van der Waals surface area (Å²) in [7, 11) is 1.62. The van der Waals surface area contributed by atoms with Gasteiger partial charge in [0, 0.05) is 17.5 Å². The number of pyridine rings is 1. The molecule has 146 valence electrons. The highest BCUT2D eigenvalue weighted by atomic mass is 16.5. The maximum Gasteiger partial charge on any atom is 0.249 e. The molecule has 7 heteroatoms. The fourth-order valence-electron chi connectivity index (χ4n) is 3.12. The van der Waals surface area contributed by atoms with E-state index in [1.54, 1.807) is 42.3 Å². The summed E-state index contributed by atoms with van der Waals surface area (Å²) in [5, 5.41) is 8.36. The first-order valence-electron chi connectivity index (χ1n) is 9.09. The van der Waals surface area contributed by atoms with Gasteiger partial charge in [-0.15, -0.1) is 0 Å². The monoisotopic (exact) mass is 388 g/mol. The average molecular weight is 388 g/mol. The predicted octanol–water partition coefficient (Wildman–Crippen LogP) is 4.29. The van der Waals surface area contributed by atoms with Gasteiger partial charge in [-0.1, -0.05) is 12.1 Å². The Morgan fingerprint density at radius 1 is 1.21 bits per heavy atom. The molecule has 0 bridgehead atoms. The standard InChI is InChI=1S/C22H20N4O3/c1-14-12-19(24-22-17(14)7-4-8-18(22)28-3)26-20(13-15(2)25-26)23-21(27)10-9-16-6-5-11-29-16/h4-13H,1-3H3,(H,23,27)/b10-9+. The van der Waals surface area contributed by atoms with Crippen LogP contribution in [0.15, 0.2) is 59.2 Å². The van der Waals surface area contributed by atoms with Crippen LogP contribution in [0, 0.1) is 13.8 Å². The Morgan fingerprint density at radius 3 is 2.83 bits per heavy atom. The summed E-state index contributed by atoms with van der Waals surface area (Å²) < 4.78 is 12.3. The molecule has 1 N–H and O–H groups in total. The summed E-state index contributed by atoms with van der Waals surface area (Å²) in [5.41, 5.74) is 2.54. The highest BCUT2D eigenvalue weighted by Gasteiger charge is 2.14. The van der Waals surface area contributed by atoms with Crippen LogP contribution in [-0.4, -0.2) is 27.8 Å². The molecule has 0 unspecified atom stereocenters. The molecule has 0 saturated carbocycles. The lowest BCUT2D eigenvalue weighted by atomic mass is 10.1. The van der Waals surface area contributed by atoms with Crippen LogP contribution in [0.1, 0.15) is 17.0 Å². The lowest BCUT2D eigenvalue weighted by Gasteiger charge is -2.11. The highest BCUT2D eigenvalue weighted by Crippen LogP contribution is 2.28. The third kappa shape index (κ3) is 3.75. The summed E-state index contributed by atoms with van der Waals surface area (Å²) in [6.07, 6.45) is 4.57. The number of furan rings is 1. The molecule has 7 nitrogen and oxygen atoms in total. The van der Waals surface area contributed by atoms with Crippen LogP contribution in [0.2, 0.25) is 0 Å². The van der Waals surface area contributed by atoms with Gasteiger partial charge in [-0.25, -0.2) is 4.98 Å². The number of carbonyl (C=O) groups excluding carboxylic acids is 1. The smallest absolute Gasteiger partial charge is 0.249 e. The molecule has 0 atom stereocenters. The van der Waals surface area contributed by atoms with Gasteiger partial charge in [0.05, 0.1) is 19.1 Å². The summed E-state index contributed by atoms with van der Waals surface area (Å²) in [6.45, 7) is 3.87. The van der Waals surface area contributed by atoms with Crippen molar-refractivity contribution in [2.75, 3.05) is 12.4 Å². The van der Waals surface area contributed by atoms with Crippen molar-refractivity contribution in [2.45, 2.75) is 13.8 Å². The van der Waals surface area contributed by atoms with Crippen LogP contribution in [-0.2, 0) is 4.79 Å². The summed E-state index contributed by atoms with van der Waals surface area (Å²) in [5.74, 6) is 2.11. The first-order valence-corrected chi connectivity index (χ1v) is 9.09. The van der Waals surface area contributed by atoms with E-state index in [-0.39, 0.29) is 5.91 Å². The predicted molar refractivity (Wildman–Crippen MR) is 111 cm³/mol. The molecule has 3 aromatic heterocycles. The topological polar surface area (TPSA) is 82.2 Å². The number of nitrogens with zero attached hydrogens (tertiary/aromatic N) is 3. The normalized spacial score (nSPS) is 11.3. The van der Waals surface area contributed by atoms with Crippen LogP contribution >= 0.6 is 0 Å². The third-order valence-corrected chi connectivity index (χ3v) is 4.46. The Morgan fingerprint density at radius 2 is 2.07 bits per heavy atom. The zero-order valence-corrected chi connectivity index (χ0v) is 16.3. The van der Waals surface area contributed by atoms with E-state index in [1.165, 1.54) is 6.08 Å². The molecular weight excluding hydrogens is 368 g/mol. The van der Waals surface area contributed by atoms with E-state index in [9.17, 15) is 4.79 Å². The molecular formula is C22H20N4O3. The van der Waals surface area contributed by atoms with Crippen LogP contribution in [0.4, 0.5) is 5.82 Å². The van der Waals surface area contributed by atoms with Crippen molar-refractivity contribution >= 4 is 28.7 Å².